The summed E-state index contributed by atoms with van der Waals surface area (Å²) < 4.78 is 0. The lowest BCUT2D eigenvalue weighted by Gasteiger charge is -2.02. The van der Waals surface area contributed by atoms with Gasteiger partial charge in [0.1, 0.15) is 0 Å². The maximum absolute atomic E-state index is 10.6. The first kappa shape index (κ1) is 20.6. The fourth-order valence-electron chi connectivity index (χ4n) is 1.62. The summed E-state index contributed by atoms with van der Waals surface area (Å²) in [6.45, 7) is 0.566. The van der Waals surface area contributed by atoms with Crippen LogP contribution in [0.1, 0.15) is 56.8 Å². The van der Waals surface area contributed by atoms with Crippen molar-refractivity contribution in [1.82, 2.24) is 0 Å². The van der Waals surface area contributed by atoms with Gasteiger partial charge in [0, 0.05) is 13.2 Å². The van der Waals surface area contributed by atoms with Crippen LogP contribution in [0.4, 0.5) is 0 Å². The van der Waals surface area contributed by atoms with Crippen LogP contribution in [-0.2, 0) is 0 Å². The lowest BCUT2D eigenvalue weighted by atomic mass is 10.0. The number of aliphatic hydroxyl groups is 2. The van der Waals surface area contributed by atoms with Gasteiger partial charge in [-0.3, -0.25) is 0 Å². The average molecular weight is 328 g/mol. The lowest BCUT2D eigenvalue weighted by Crippen LogP contribution is -2.10. The Kier molecular flexibility index (Phi) is 9.97. The lowest BCUT2D eigenvalue weighted by molar-refractivity contribution is 0.0649. The van der Waals surface area contributed by atoms with Crippen LogP contribution in [0.3, 0.4) is 0 Å². The molecule has 8 nitrogen and oxygen atoms in total. The van der Waals surface area contributed by atoms with Crippen molar-refractivity contribution in [2.24, 2.45) is 0 Å². The van der Waals surface area contributed by atoms with Gasteiger partial charge < -0.3 is 25.5 Å². The largest absolute Gasteiger partial charge is 0.478 e. The third kappa shape index (κ3) is 7.93. The number of unbranched alkanes of at least 4 members (excludes halogenated alkanes) is 3. The molecule has 0 fully saturated rings. The first-order valence-corrected chi connectivity index (χ1v) is 6.90. The van der Waals surface area contributed by atoms with Gasteiger partial charge in [0.25, 0.3) is 0 Å². The van der Waals surface area contributed by atoms with Crippen molar-refractivity contribution < 1.29 is 39.9 Å². The van der Waals surface area contributed by atoms with E-state index in [2.05, 4.69) is 0 Å². The van der Waals surface area contributed by atoms with E-state index in [1.54, 1.807) is 0 Å². The van der Waals surface area contributed by atoms with Gasteiger partial charge in [-0.1, -0.05) is 12.8 Å². The summed E-state index contributed by atoms with van der Waals surface area (Å²) in [5.74, 6) is -4.20. The van der Waals surface area contributed by atoms with E-state index in [1.165, 1.54) is 0 Å². The van der Waals surface area contributed by atoms with Crippen molar-refractivity contribution in [2.75, 3.05) is 13.2 Å². The van der Waals surface area contributed by atoms with E-state index in [1.807, 2.05) is 0 Å². The monoisotopic (exact) mass is 328 g/mol. The second kappa shape index (κ2) is 11.2. The van der Waals surface area contributed by atoms with Crippen LogP contribution < -0.4 is 0 Å². The quantitative estimate of drug-likeness (QED) is 0.448. The Hall–Kier alpha value is -2.45. The van der Waals surface area contributed by atoms with Crippen molar-refractivity contribution in [3.05, 3.63) is 34.9 Å². The zero-order valence-corrected chi connectivity index (χ0v) is 12.4. The molecule has 5 N–H and O–H groups in total. The van der Waals surface area contributed by atoms with Gasteiger partial charge in [-0.25, -0.2) is 14.4 Å². The molecule has 128 valence electrons. The number of carbonyl (C=O) groups is 3. The Bertz CT molecular complexity index is 532. The van der Waals surface area contributed by atoms with Crippen molar-refractivity contribution in [2.45, 2.75) is 25.7 Å². The number of hydrogen-bond acceptors (Lipinski definition) is 5. The van der Waals surface area contributed by atoms with Gasteiger partial charge in [0.15, 0.2) is 0 Å². The Labute approximate surface area is 132 Å². The maximum Gasteiger partial charge on any atom is 0.336 e. The van der Waals surface area contributed by atoms with Crippen LogP contribution in [0.15, 0.2) is 18.2 Å². The smallest absolute Gasteiger partial charge is 0.336 e. The highest BCUT2D eigenvalue weighted by Crippen LogP contribution is 2.12. The van der Waals surface area contributed by atoms with Crippen LogP contribution >= 0.6 is 0 Å². The predicted octanol–water partition coefficient (Wildman–Crippen LogP) is 1.31. The molecule has 0 unspecified atom stereocenters. The molecule has 1 rings (SSSR count). The molecule has 0 aliphatic heterocycles. The van der Waals surface area contributed by atoms with Crippen molar-refractivity contribution in [3.8, 4) is 0 Å². The summed E-state index contributed by atoms with van der Waals surface area (Å²) in [5.41, 5.74) is -1.24. The first-order valence-electron chi connectivity index (χ1n) is 6.90. The van der Waals surface area contributed by atoms with Gasteiger partial charge >= 0.3 is 17.9 Å². The summed E-state index contributed by atoms with van der Waals surface area (Å²) in [6.07, 6.45) is 3.83. The van der Waals surface area contributed by atoms with E-state index in [-0.39, 0.29) is 18.8 Å². The zero-order valence-electron chi connectivity index (χ0n) is 12.4. The number of rotatable bonds is 8. The maximum atomic E-state index is 10.6. The first-order chi connectivity index (χ1) is 10.8. The van der Waals surface area contributed by atoms with Gasteiger partial charge in [-0.15, -0.1) is 0 Å². The van der Waals surface area contributed by atoms with Crippen molar-refractivity contribution in [3.63, 3.8) is 0 Å². The Morgan fingerprint density at radius 2 is 1.17 bits per heavy atom. The summed E-state index contributed by atoms with van der Waals surface area (Å²) in [5, 5.41) is 42.5. The number of carboxylic acid groups (broad SMARTS) is 3. The van der Waals surface area contributed by atoms with Crippen molar-refractivity contribution in [1.29, 1.82) is 0 Å². The van der Waals surface area contributed by atoms with Crippen LogP contribution in [0.2, 0.25) is 0 Å². The minimum Gasteiger partial charge on any atom is -0.478 e. The highest BCUT2D eigenvalue weighted by Gasteiger charge is 2.17. The third-order valence-electron chi connectivity index (χ3n) is 2.79. The van der Waals surface area contributed by atoms with Crippen molar-refractivity contribution >= 4 is 17.9 Å². The van der Waals surface area contributed by atoms with Gasteiger partial charge in [0.2, 0.25) is 0 Å². The van der Waals surface area contributed by atoms with Gasteiger partial charge in [0.05, 0.1) is 16.7 Å². The van der Waals surface area contributed by atoms with Gasteiger partial charge in [-0.2, -0.15) is 0 Å². The molecule has 1 aromatic carbocycles. The molecule has 0 aromatic heterocycles. The normalized spacial score (nSPS) is 9.65. The molecule has 0 radical (unpaired) electrons. The number of aromatic carboxylic acids is 3. The highest BCUT2D eigenvalue weighted by molar-refractivity contribution is 6.03. The van der Waals surface area contributed by atoms with E-state index in [0.717, 1.165) is 43.9 Å². The van der Waals surface area contributed by atoms with Crippen LogP contribution in [0.25, 0.3) is 0 Å². The zero-order chi connectivity index (χ0) is 17.8. The van der Waals surface area contributed by atoms with Crippen LogP contribution in [0.5, 0.6) is 0 Å². The molecule has 0 aliphatic rings. The molecule has 0 heterocycles. The second-order valence-corrected chi connectivity index (χ2v) is 4.54. The fraction of sp³-hybridized carbons (Fsp3) is 0.400. The number of aliphatic hydroxyl groups excluding tert-OH is 2. The fourth-order valence-corrected chi connectivity index (χ4v) is 1.62. The summed E-state index contributed by atoms with van der Waals surface area (Å²) in [4.78, 5) is 31.8. The predicted molar refractivity (Wildman–Crippen MR) is 80.0 cm³/mol. The molecule has 8 heteroatoms. The SMILES string of the molecule is O=C(O)c1ccc(C(=O)O)c(C(=O)O)c1.OCCCCCCO. The minimum absolute atomic E-state index is 0.266. The van der Waals surface area contributed by atoms with Gasteiger partial charge in [-0.05, 0) is 31.0 Å². The standard InChI is InChI=1S/C9H6O6.C6H14O2/c10-7(11)4-1-2-5(8(12)13)6(3-4)9(14)15;7-5-3-1-2-4-6-8/h1-3H,(H,10,11)(H,12,13)(H,14,15);7-8H,1-6H2. The Balaban J connectivity index is 0.000000515. The molecular weight excluding hydrogens is 308 g/mol. The van der Waals surface area contributed by atoms with Crippen LogP contribution in [0, 0.1) is 0 Å². The topological polar surface area (TPSA) is 152 Å². The molecule has 0 saturated heterocycles. The molecule has 0 spiro atoms. The highest BCUT2D eigenvalue weighted by atomic mass is 16.4. The molecule has 0 saturated carbocycles. The summed E-state index contributed by atoms with van der Waals surface area (Å²) >= 11 is 0. The molecule has 0 aliphatic carbocycles. The third-order valence-corrected chi connectivity index (χ3v) is 2.79. The molecule has 0 atom stereocenters. The molecule has 23 heavy (non-hydrogen) atoms. The summed E-state index contributed by atoms with van der Waals surface area (Å²) in [6, 6.07) is 2.81. The Morgan fingerprint density at radius 1 is 0.696 bits per heavy atom. The van der Waals surface area contributed by atoms with E-state index in [9.17, 15) is 14.4 Å². The summed E-state index contributed by atoms with van der Waals surface area (Å²) in [7, 11) is 0. The second-order valence-electron chi connectivity index (χ2n) is 4.54. The average Bonchev–Trinajstić information content (AvgIpc) is 2.51. The number of carboxylic acids is 3. The van der Waals surface area contributed by atoms with E-state index in [0.29, 0.717) is 0 Å². The minimum atomic E-state index is -1.48. The van der Waals surface area contributed by atoms with Crippen LogP contribution in [-0.4, -0.2) is 56.7 Å². The van der Waals surface area contributed by atoms with E-state index in [4.69, 9.17) is 25.5 Å². The Morgan fingerprint density at radius 3 is 1.52 bits per heavy atom. The number of benzene rings is 1. The molecule has 1 aromatic rings. The molecule has 0 amide bonds. The van der Waals surface area contributed by atoms with E-state index >= 15 is 0 Å². The molecule has 0 bridgehead atoms. The van der Waals surface area contributed by atoms with E-state index < -0.39 is 29.0 Å². The number of hydrogen-bond donors (Lipinski definition) is 5. The molecular formula is C15H20O8.